The van der Waals surface area contributed by atoms with Crippen molar-refractivity contribution in [2.24, 2.45) is 5.41 Å². The van der Waals surface area contributed by atoms with Gasteiger partial charge in [0, 0.05) is 9.89 Å². The van der Waals surface area contributed by atoms with Crippen LogP contribution in [0.3, 0.4) is 0 Å². The van der Waals surface area contributed by atoms with E-state index in [2.05, 4.69) is 40.7 Å². The van der Waals surface area contributed by atoms with Gasteiger partial charge in [0.1, 0.15) is 0 Å². The number of fused-ring (bicyclic) bond motifs is 3. The molecule has 1 aromatic rings. The van der Waals surface area contributed by atoms with E-state index in [4.69, 9.17) is 0 Å². The van der Waals surface area contributed by atoms with Crippen LogP contribution in [0.25, 0.3) is 5.57 Å². The second-order valence-corrected chi connectivity index (χ2v) is 6.66. The highest BCUT2D eigenvalue weighted by Gasteiger charge is 2.68. The lowest BCUT2D eigenvalue weighted by Crippen LogP contribution is -2.28. The molecule has 0 bridgehead atoms. The van der Waals surface area contributed by atoms with Gasteiger partial charge in [0.25, 0.3) is 0 Å². The minimum Gasteiger partial charge on any atom is -0.0952 e. The zero-order valence-electron chi connectivity index (χ0n) is 9.35. The van der Waals surface area contributed by atoms with Crippen LogP contribution in [0.1, 0.15) is 43.2 Å². The van der Waals surface area contributed by atoms with Gasteiger partial charge in [0.05, 0.1) is 0 Å². The largest absolute Gasteiger partial charge is 0.0952 e. The maximum atomic E-state index is 4.30. The Morgan fingerprint density at radius 2 is 1.88 bits per heavy atom. The molecule has 0 nitrogen and oxygen atoms in total. The maximum absolute atomic E-state index is 4.30. The number of benzene rings is 1. The standard InChI is InChI=1S/C15H15Br/c1-10-9-14(5-6-14)15(7-8-15)13-11(10)3-2-4-12(13)16/h2-4H,1,5-9H2. The lowest BCUT2D eigenvalue weighted by molar-refractivity contribution is 0.374. The summed E-state index contributed by atoms with van der Waals surface area (Å²) < 4.78 is 1.31. The molecule has 2 fully saturated rings. The van der Waals surface area contributed by atoms with Gasteiger partial charge in [-0.1, -0.05) is 34.6 Å². The Morgan fingerprint density at radius 3 is 2.50 bits per heavy atom. The molecule has 0 radical (unpaired) electrons. The van der Waals surface area contributed by atoms with Gasteiger partial charge >= 0.3 is 0 Å². The molecule has 0 N–H and O–H groups in total. The van der Waals surface area contributed by atoms with Crippen LogP contribution < -0.4 is 0 Å². The van der Waals surface area contributed by atoms with Crippen molar-refractivity contribution in [2.45, 2.75) is 37.5 Å². The molecule has 3 aliphatic carbocycles. The number of hydrogen-bond donors (Lipinski definition) is 0. The summed E-state index contributed by atoms with van der Waals surface area (Å²) in [6, 6.07) is 6.61. The Kier molecular flexibility index (Phi) is 1.56. The van der Waals surface area contributed by atoms with E-state index in [1.54, 1.807) is 5.56 Å². The average molecular weight is 275 g/mol. The molecule has 0 atom stereocenters. The van der Waals surface area contributed by atoms with Crippen molar-refractivity contribution in [2.75, 3.05) is 0 Å². The Labute approximate surface area is 105 Å². The number of rotatable bonds is 0. The van der Waals surface area contributed by atoms with Crippen LogP contribution >= 0.6 is 15.9 Å². The molecule has 0 amide bonds. The van der Waals surface area contributed by atoms with E-state index >= 15 is 0 Å². The Morgan fingerprint density at radius 1 is 1.12 bits per heavy atom. The smallest absolute Gasteiger partial charge is 0.0219 e. The summed E-state index contributed by atoms with van der Waals surface area (Å²) in [6.07, 6.45) is 6.89. The van der Waals surface area contributed by atoms with E-state index < -0.39 is 0 Å². The van der Waals surface area contributed by atoms with Gasteiger partial charge in [-0.15, -0.1) is 0 Å². The molecule has 0 unspecified atom stereocenters. The minimum absolute atomic E-state index is 0.531. The predicted octanol–water partition coefficient (Wildman–Crippen LogP) is 4.68. The zero-order chi connectivity index (χ0) is 11.0. The molecular formula is C15H15Br. The molecule has 0 heterocycles. The first kappa shape index (κ1) is 9.47. The van der Waals surface area contributed by atoms with E-state index in [0.717, 1.165) is 0 Å². The molecule has 3 aliphatic rings. The predicted molar refractivity (Wildman–Crippen MR) is 70.4 cm³/mol. The lowest BCUT2D eigenvalue weighted by atomic mass is 9.68. The van der Waals surface area contributed by atoms with Crippen LogP contribution in [-0.4, -0.2) is 0 Å². The van der Waals surface area contributed by atoms with Crippen LogP contribution in [0.5, 0.6) is 0 Å². The maximum Gasteiger partial charge on any atom is 0.0219 e. The van der Waals surface area contributed by atoms with Crippen molar-refractivity contribution in [3.05, 3.63) is 40.4 Å². The van der Waals surface area contributed by atoms with Crippen molar-refractivity contribution in [1.29, 1.82) is 0 Å². The van der Waals surface area contributed by atoms with Gasteiger partial charge < -0.3 is 0 Å². The summed E-state index contributed by atoms with van der Waals surface area (Å²) in [7, 11) is 0. The zero-order valence-corrected chi connectivity index (χ0v) is 10.9. The van der Waals surface area contributed by atoms with Crippen molar-refractivity contribution in [3.63, 3.8) is 0 Å². The first-order valence-electron chi connectivity index (χ1n) is 6.16. The Bertz CT molecular complexity index is 504. The molecule has 16 heavy (non-hydrogen) atoms. The van der Waals surface area contributed by atoms with Gasteiger partial charge in [-0.2, -0.15) is 0 Å². The van der Waals surface area contributed by atoms with Gasteiger partial charge in [0.2, 0.25) is 0 Å². The van der Waals surface area contributed by atoms with Crippen LogP contribution in [0, 0.1) is 5.41 Å². The summed E-state index contributed by atoms with van der Waals surface area (Å²) in [5, 5.41) is 0. The van der Waals surface area contributed by atoms with E-state index in [-0.39, 0.29) is 0 Å². The molecule has 1 heteroatoms. The summed E-state index contributed by atoms with van der Waals surface area (Å²) in [5.41, 5.74) is 5.53. The molecule has 4 rings (SSSR count). The SMILES string of the molecule is C=C1CC2(CC2)C2(CC2)c2c(Br)cccc21. The Balaban J connectivity index is 2.03. The molecule has 2 spiro atoms. The van der Waals surface area contributed by atoms with Crippen LogP contribution in [0.4, 0.5) is 0 Å². The van der Waals surface area contributed by atoms with Crippen LogP contribution in [-0.2, 0) is 5.41 Å². The average Bonchev–Trinajstić information content (AvgIpc) is 3.10. The highest BCUT2D eigenvalue weighted by molar-refractivity contribution is 9.10. The molecule has 2 saturated carbocycles. The summed E-state index contributed by atoms with van der Waals surface area (Å²) in [5.74, 6) is 0. The third kappa shape index (κ3) is 0.924. The second kappa shape index (κ2) is 2.64. The monoisotopic (exact) mass is 274 g/mol. The van der Waals surface area contributed by atoms with Crippen molar-refractivity contribution in [3.8, 4) is 0 Å². The van der Waals surface area contributed by atoms with E-state index in [9.17, 15) is 0 Å². The molecule has 1 aromatic carbocycles. The number of halogens is 1. The quantitative estimate of drug-likeness (QED) is 0.645. The first-order valence-corrected chi connectivity index (χ1v) is 6.95. The second-order valence-electron chi connectivity index (χ2n) is 5.81. The van der Waals surface area contributed by atoms with Crippen molar-refractivity contribution < 1.29 is 0 Å². The third-order valence-electron chi connectivity index (χ3n) is 5.04. The molecular weight excluding hydrogens is 260 g/mol. The summed E-state index contributed by atoms with van der Waals surface area (Å²) in [4.78, 5) is 0. The van der Waals surface area contributed by atoms with Crippen molar-refractivity contribution in [1.82, 2.24) is 0 Å². The van der Waals surface area contributed by atoms with Gasteiger partial charge in [0.15, 0.2) is 0 Å². The van der Waals surface area contributed by atoms with Gasteiger partial charge in [-0.3, -0.25) is 0 Å². The number of hydrogen-bond acceptors (Lipinski definition) is 0. The van der Waals surface area contributed by atoms with Crippen LogP contribution in [0.15, 0.2) is 29.3 Å². The highest BCUT2D eigenvalue weighted by Crippen LogP contribution is 2.76. The fourth-order valence-corrected chi connectivity index (χ4v) is 4.70. The van der Waals surface area contributed by atoms with E-state index in [0.29, 0.717) is 10.8 Å². The van der Waals surface area contributed by atoms with Crippen molar-refractivity contribution >= 4 is 21.5 Å². The minimum atomic E-state index is 0.531. The van der Waals surface area contributed by atoms with E-state index in [1.165, 1.54) is 47.7 Å². The summed E-state index contributed by atoms with van der Waals surface area (Å²) >= 11 is 3.76. The summed E-state index contributed by atoms with van der Waals surface area (Å²) in [6.45, 7) is 4.30. The first-order chi connectivity index (χ1) is 7.69. The van der Waals surface area contributed by atoms with Gasteiger partial charge in [-0.05, 0) is 60.3 Å². The lowest BCUT2D eigenvalue weighted by Gasteiger charge is -2.36. The fraction of sp³-hybridized carbons (Fsp3) is 0.467. The third-order valence-corrected chi connectivity index (χ3v) is 5.70. The molecule has 0 saturated heterocycles. The fourth-order valence-electron chi connectivity index (χ4n) is 3.95. The molecule has 82 valence electrons. The number of allylic oxidation sites excluding steroid dienone is 1. The Hall–Kier alpha value is -0.560. The normalized spacial score (nSPS) is 26.9. The van der Waals surface area contributed by atoms with Gasteiger partial charge in [-0.25, -0.2) is 0 Å². The molecule has 0 aliphatic heterocycles. The van der Waals surface area contributed by atoms with Crippen LogP contribution in [0.2, 0.25) is 0 Å². The van der Waals surface area contributed by atoms with E-state index in [1.807, 2.05) is 0 Å². The molecule has 0 aromatic heterocycles. The topological polar surface area (TPSA) is 0 Å². The highest BCUT2D eigenvalue weighted by atomic mass is 79.9.